The fourth-order valence-electron chi connectivity index (χ4n) is 3.29. The van der Waals surface area contributed by atoms with Gasteiger partial charge < -0.3 is 0 Å². The molecule has 19 heavy (non-hydrogen) atoms. The zero-order valence-corrected chi connectivity index (χ0v) is 12.7. The highest BCUT2D eigenvalue weighted by Gasteiger charge is 2.37. The Morgan fingerprint density at radius 3 is 2.53 bits per heavy atom. The molecule has 2 heteroatoms. The minimum atomic E-state index is -1.24. The highest BCUT2D eigenvalue weighted by Crippen LogP contribution is 2.36. The molecule has 0 aromatic carbocycles. The third-order valence-electron chi connectivity index (χ3n) is 4.56. The molecule has 0 radical (unpaired) electrons. The van der Waals surface area contributed by atoms with Crippen molar-refractivity contribution in [3.8, 4) is 0 Å². The van der Waals surface area contributed by atoms with Gasteiger partial charge in [-0.1, -0.05) is 38.8 Å². The lowest BCUT2D eigenvalue weighted by Crippen LogP contribution is -2.36. The lowest BCUT2D eigenvalue weighted by Gasteiger charge is -2.33. The lowest BCUT2D eigenvalue weighted by atomic mass is 9.77. The van der Waals surface area contributed by atoms with Gasteiger partial charge in [-0.15, -0.1) is 0 Å². The highest BCUT2D eigenvalue weighted by atomic mass is 19.2. The Morgan fingerprint density at radius 2 is 1.89 bits per heavy atom. The van der Waals surface area contributed by atoms with Crippen LogP contribution in [0.1, 0.15) is 65.7 Å². The Bertz CT molecular complexity index is 262. The molecule has 112 valence electrons. The van der Waals surface area contributed by atoms with Gasteiger partial charge >= 0.3 is 0 Å². The lowest BCUT2D eigenvalue weighted by molar-refractivity contribution is 0.0251. The molecule has 0 aromatic heterocycles. The van der Waals surface area contributed by atoms with E-state index in [0.29, 0.717) is 5.92 Å². The minimum Gasteiger partial charge on any atom is -0.244 e. The largest absolute Gasteiger partial charge is 0.244 e. The molecule has 1 rings (SSSR count). The summed E-state index contributed by atoms with van der Waals surface area (Å²) >= 11 is 0. The summed E-state index contributed by atoms with van der Waals surface area (Å²) < 4.78 is 27.6. The number of rotatable bonds is 7. The first kappa shape index (κ1) is 16.7. The van der Waals surface area contributed by atoms with Gasteiger partial charge in [-0.05, 0) is 56.8 Å². The fraction of sp³-hybridized carbons (Fsp3) is 0.882. The van der Waals surface area contributed by atoms with Gasteiger partial charge in [-0.2, -0.15) is 0 Å². The molecule has 0 nitrogen and oxygen atoms in total. The highest BCUT2D eigenvalue weighted by molar-refractivity contribution is 4.88. The van der Waals surface area contributed by atoms with E-state index in [-0.39, 0.29) is 11.8 Å². The maximum atomic E-state index is 13.9. The van der Waals surface area contributed by atoms with E-state index in [1.54, 1.807) is 0 Å². The van der Waals surface area contributed by atoms with Crippen molar-refractivity contribution in [3.63, 3.8) is 0 Å². The van der Waals surface area contributed by atoms with Gasteiger partial charge in [0, 0.05) is 0 Å². The molecule has 1 fully saturated rings. The second-order valence-electron chi connectivity index (χ2n) is 6.21. The zero-order chi connectivity index (χ0) is 14.3. The molecule has 1 aliphatic rings. The van der Waals surface area contributed by atoms with Crippen molar-refractivity contribution in [1.82, 2.24) is 0 Å². The number of hydrogen-bond acceptors (Lipinski definition) is 0. The summed E-state index contributed by atoms with van der Waals surface area (Å²) in [6.07, 6.45) is 9.02. The first-order chi connectivity index (χ1) is 9.10. The third kappa shape index (κ3) is 5.24. The van der Waals surface area contributed by atoms with Crippen LogP contribution in [0, 0.1) is 17.8 Å². The SMILES string of the molecule is C/C=C/C(CCC)CCCC1CCC(C)C(F)C1F. The molecule has 1 aliphatic carbocycles. The van der Waals surface area contributed by atoms with Crippen LogP contribution in [0.4, 0.5) is 8.78 Å². The Balaban J connectivity index is 2.31. The number of alkyl halides is 2. The molecule has 0 saturated heterocycles. The van der Waals surface area contributed by atoms with Gasteiger partial charge in [-0.25, -0.2) is 8.78 Å². The Morgan fingerprint density at radius 1 is 1.16 bits per heavy atom. The van der Waals surface area contributed by atoms with E-state index in [1.807, 2.05) is 6.92 Å². The fourth-order valence-corrected chi connectivity index (χ4v) is 3.29. The summed E-state index contributed by atoms with van der Waals surface area (Å²) in [7, 11) is 0. The van der Waals surface area contributed by atoms with E-state index in [4.69, 9.17) is 0 Å². The van der Waals surface area contributed by atoms with Crippen molar-refractivity contribution in [2.24, 2.45) is 17.8 Å². The van der Waals surface area contributed by atoms with Gasteiger partial charge in [0.25, 0.3) is 0 Å². The molecule has 0 aromatic rings. The quantitative estimate of drug-likeness (QED) is 0.508. The third-order valence-corrected chi connectivity index (χ3v) is 4.56. The topological polar surface area (TPSA) is 0 Å². The molecule has 5 atom stereocenters. The molecule has 0 spiro atoms. The molecule has 5 unspecified atom stereocenters. The van der Waals surface area contributed by atoms with Crippen LogP contribution in [0.25, 0.3) is 0 Å². The molecule has 0 bridgehead atoms. The van der Waals surface area contributed by atoms with Crippen LogP contribution in [0.2, 0.25) is 0 Å². The van der Waals surface area contributed by atoms with Crippen molar-refractivity contribution in [3.05, 3.63) is 12.2 Å². The summed E-state index contributed by atoms with van der Waals surface area (Å²) in [5, 5.41) is 0. The van der Waals surface area contributed by atoms with E-state index >= 15 is 0 Å². The maximum Gasteiger partial charge on any atom is 0.134 e. The molecule has 0 N–H and O–H groups in total. The first-order valence-corrected chi connectivity index (χ1v) is 8.01. The molecular formula is C17H30F2. The van der Waals surface area contributed by atoms with Gasteiger partial charge in [0.2, 0.25) is 0 Å². The monoisotopic (exact) mass is 272 g/mol. The predicted octanol–water partition coefficient (Wildman–Crippen LogP) is 5.87. The minimum absolute atomic E-state index is 0.0425. The summed E-state index contributed by atoms with van der Waals surface area (Å²) in [5.41, 5.74) is 0. The van der Waals surface area contributed by atoms with E-state index in [2.05, 4.69) is 26.0 Å². The Kier molecular flexibility index (Phi) is 7.63. The number of hydrogen-bond donors (Lipinski definition) is 0. The summed E-state index contributed by atoms with van der Waals surface area (Å²) in [4.78, 5) is 0. The zero-order valence-electron chi connectivity index (χ0n) is 12.7. The average molecular weight is 272 g/mol. The van der Waals surface area contributed by atoms with Crippen molar-refractivity contribution >= 4 is 0 Å². The van der Waals surface area contributed by atoms with Crippen LogP contribution in [-0.2, 0) is 0 Å². The van der Waals surface area contributed by atoms with Crippen LogP contribution < -0.4 is 0 Å². The van der Waals surface area contributed by atoms with Crippen molar-refractivity contribution < 1.29 is 8.78 Å². The first-order valence-electron chi connectivity index (χ1n) is 8.01. The number of allylic oxidation sites excluding steroid dienone is 2. The number of halogens is 2. The van der Waals surface area contributed by atoms with Crippen molar-refractivity contribution in [1.29, 1.82) is 0 Å². The van der Waals surface area contributed by atoms with Crippen LogP contribution in [0.3, 0.4) is 0 Å². The normalized spacial score (nSPS) is 33.7. The second kappa shape index (κ2) is 8.71. The Hall–Kier alpha value is -0.400. The molecular weight excluding hydrogens is 242 g/mol. The summed E-state index contributed by atoms with van der Waals surface area (Å²) in [6.45, 7) is 6.08. The summed E-state index contributed by atoms with van der Waals surface area (Å²) in [5.74, 6) is 0.484. The van der Waals surface area contributed by atoms with Gasteiger partial charge in [0.15, 0.2) is 0 Å². The van der Waals surface area contributed by atoms with Crippen molar-refractivity contribution in [2.45, 2.75) is 78.1 Å². The molecule has 0 heterocycles. The second-order valence-corrected chi connectivity index (χ2v) is 6.21. The van der Waals surface area contributed by atoms with Crippen LogP contribution >= 0.6 is 0 Å². The van der Waals surface area contributed by atoms with Crippen LogP contribution in [0.5, 0.6) is 0 Å². The molecule has 0 amide bonds. The van der Waals surface area contributed by atoms with E-state index in [1.165, 1.54) is 12.8 Å². The van der Waals surface area contributed by atoms with Crippen LogP contribution in [-0.4, -0.2) is 12.3 Å². The smallest absolute Gasteiger partial charge is 0.134 e. The van der Waals surface area contributed by atoms with Gasteiger partial charge in [0.05, 0.1) is 0 Å². The van der Waals surface area contributed by atoms with Crippen LogP contribution in [0.15, 0.2) is 12.2 Å². The van der Waals surface area contributed by atoms with Gasteiger partial charge in [-0.3, -0.25) is 0 Å². The molecule has 1 saturated carbocycles. The average Bonchev–Trinajstić information content (AvgIpc) is 2.39. The maximum absolute atomic E-state index is 13.9. The summed E-state index contributed by atoms with van der Waals surface area (Å²) in [6, 6.07) is 0. The van der Waals surface area contributed by atoms with Gasteiger partial charge in [0.1, 0.15) is 12.3 Å². The van der Waals surface area contributed by atoms with E-state index in [0.717, 1.165) is 32.1 Å². The van der Waals surface area contributed by atoms with E-state index < -0.39 is 12.3 Å². The molecule has 0 aliphatic heterocycles. The predicted molar refractivity (Wildman–Crippen MR) is 78.7 cm³/mol. The Labute approximate surface area is 117 Å². The van der Waals surface area contributed by atoms with E-state index in [9.17, 15) is 8.78 Å². The standard InChI is InChI=1S/C17H30F2/c1-4-7-14(8-5-2)9-6-10-15-12-11-13(3)16(18)17(15)19/h4,7,13-17H,5-6,8-12H2,1-3H3/b7-4+. The van der Waals surface area contributed by atoms with Crippen molar-refractivity contribution in [2.75, 3.05) is 0 Å².